The Morgan fingerprint density at radius 2 is 1.82 bits per heavy atom. The summed E-state index contributed by atoms with van der Waals surface area (Å²) in [4.78, 5) is 29.2. The van der Waals surface area contributed by atoms with Gasteiger partial charge in [-0.2, -0.15) is 0 Å². The summed E-state index contributed by atoms with van der Waals surface area (Å²) in [6.45, 7) is 1.88. The van der Waals surface area contributed by atoms with Crippen LogP contribution < -0.4 is 14.8 Å². The van der Waals surface area contributed by atoms with Crippen molar-refractivity contribution in [3.63, 3.8) is 0 Å². The quantitative estimate of drug-likeness (QED) is 0.377. The van der Waals surface area contributed by atoms with E-state index in [2.05, 4.69) is 5.32 Å². The number of carbonyl (C=O) groups is 2. The Hall–Kier alpha value is -3.40. The second kappa shape index (κ2) is 12.0. The van der Waals surface area contributed by atoms with Crippen molar-refractivity contribution in [3.8, 4) is 11.5 Å². The summed E-state index contributed by atoms with van der Waals surface area (Å²) in [5, 5.41) is 33.8. The zero-order valence-corrected chi connectivity index (χ0v) is 23.0. The minimum absolute atomic E-state index is 0.0393. The van der Waals surface area contributed by atoms with Crippen LogP contribution in [0.25, 0.3) is 0 Å². The predicted molar refractivity (Wildman–Crippen MR) is 148 cm³/mol. The molecule has 5 rings (SSSR count). The maximum atomic E-state index is 14.0. The molecule has 2 amide bonds. The Kier molecular flexibility index (Phi) is 8.44. The van der Waals surface area contributed by atoms with Crippen molar-refractivity contribution in [2.45, 2.75) is 69.9 Å². The van der Waals surface area contributed by atoms with E-state index >= 15 is 0 Å². The molecule has 9 nitrogen and oxygen atoms in total. The molecule has 1 heterocycles. The van der Waals surface area contributed by atoms with Gasteiger partial charge in [0.1, 0.15) is 12.2 Å². The van der Waals surface area contributed by atoms with Crippen molar-refractivity contribution < 1.29 is 34.4 Å². The average molecular weight is 551 g/mol. The fourth-order valence-electron chi connectivity index (χ4n) is 6.25. The molecule has 1 fully saturated rings. The first kappa shape index (κ1) is 28.1. The molecule has 1 saturated carbocycles. The van der Waals surface area contributed by atoms with E-state index < -0.39 is 30.1 Å². The second-order valence-corrected chi connectivity index (χ2v) is 11.0. The lowest BCUT2D eigenvalue weighted by Gasteiger charge is -2.41. The SMILES string of the molecule is COc1cc(CO)cc2c1O[C@@H]1[C@@H](O)[C@H](N(Cc3ccc(C)cc3)C(=O)C3CCCC3)C=C(C(=O)NCCO)[C@H]21. The molecule has 0 unspecified atom stereocenters. The molecule has 0 bridgehead atoms. The van der Waals surface area contributed by atoms with Gasteiger partial charge in [0.25, 0.3) is 0 Å². The van der Waals surface area contributed by atoms with Gasteiger partial charge in [0.15, 0.2) is 11.5 Å². The third-order valence-corrected chi connectivity index (χ3v) is 8.32. The zero-order valence-electron chi connectivity index (χ0n) is 23.0. The molecule has 4 N–H and O–H groups in total. The van der Waals surface area contributed by atoms with Crippen LogP contribution in [-0.2, 0) is 22.7 Å². The normalized spacial score (nSPS) is 23.6. The van der Waals surface area contributed by atoms with Crippen LogP contribution in [0.3, 0.4) is 0 Å². The van der Waals surface area contributed by atoms with Gasteiger partial charge < -0.3 is 35.0 Å². The predicted octanol–water partition coefficient (Wildman–Crippen LogP) is 2.34. The smallest absolute Gasteiger partial charge is 0.247 e. The first-order chi connectivity index (χ1) is 19.4. The molecular formula is C31H38N2O7. The molecule has 3 aliphatic rings. The number of methoxy groups -OCH3 is 1. The highest BCUT2D eigenvalue weighted by Gasteiger charge is 2.52. The summed E-state index contributed by atoms with van der Waals surface area (Å²) in [6.07, 6.45) is 3.27. The third-order valence-electron chi connectivity index (χ3n) is 8.32. The van der Waals surface area contributed by atoms with Crippen LogP contribution >= 0.6 is 0 Å². The number of hydrogen-bond acceptors (Lipinski definition) is 7. The molecule has 2 aromatic rings. The zero-order chi connectivity index (χ0) is 28.4. The number of rotatable bonds is 9. The molecule has 9 heteroatoms. The molecule has 0 radical (unpaired) electrons. The Morgan fingerprint density at radius 3 is 2.48 bits per heavy atom. The lowest BCUT2D eigenvalue weighted by atomic mass is 9.77. The topological polar surface area (TPSA) is 129 Å². The number of aliphatic hydroxyl groups is 3. The lowest BCUT2D eigenvalue weighted by molar-refractivity contribution is -0.142. The van der Waals surface area contributed by atoms with Crippen molar-refractivity contribution in [2.75, 3.05) is 20.3 Å². The van der Waals surface area contributed by atoms with E-state index in [0.717, 1.165) is 36.8 Å². The number of carbonyl (C=O) groups excluding carboxylic acids is 2. The van der Waals surface area contributed by atoms with Crippen molar-refractivity contribution >= 4 is 11.8 Å². The molecule has 2 aromatic carbocycles. The molecule has 4 atom stereocenters. The number of aliphatic hydroxyl groups excluding tert-OH is 3. The van der Waals surface area contributed by atoms with Gasteiger partial charge in [-0.3, -0.25) is 9.59 Å². The maximum absolute atomic E-state index is 14.0. The van der Waals surface area contributed by atoms with Crippen molar-refractivity contribution in [2.24, 2.45) is 5.92 Å². The van der Waals surface area contributed by atoms with E-state index in [1.54, 1.807) is 23.1 Å². The molecule has 2 aliphatic carbocycles. The molecular weight excluding hydrogens is 512 g/mol. The van der Waals surface area contributed by atoms with Crippen LogP contribution in [0.2, 0.25) is 0 Å². The number of benzene rings is 2. The number of aryl methyl sites for hydroxylation is 1. The summed E-state index contributed by atoms with van der Waals surface area (Å²) in [6, 6.07) is 10.6. The Labute approximate surface area is 234 Å². The minimum atomic E-state index is -1.13. The molecule has 214 valence electrons. The van der Waals surface area contributed by atoms with Gasteiger partial charge >= 0.3 is 0 Å². The van der Waals surface area contributed by atoms with Crippen molar-refractivity contribution in [1.29, 1.82) is 0 Å². The Balaban J connectivity index is 1.59. The Morgan fingerprint density at radius 1 is 1.10 bits per heavy atom. The van der Waals surface area contributed by atoms with Crippen LogP contribution in [-0.4, -0.2) is 70.5 Å². The molecule has 1 aliphatic heterocycles. The number of hydrogen-bond donors (Lipinski definition) is 4. The van der Waals surface area contributed by atoms with Crippen molar-refractivity contribution in [3.05, 3.63) is 70.3 Å². The number of nitrogens with zero attached hydrogens (tertiary/aromatic N) is 1. The van der Waals surface area contributed by atoms with Gasteiger partial charge in [-0.15, -0.1) is 0 Å². The lowest BCUT2D eigenvalue weighted by Crippen LogP contribution is -2.56. The van der Waals surface area contributed by atoms with Crippen LogP contribution in [0.5, 0.6) is 11.5 Å². The van der Waals surface area contributed by atoms with Crippen LogP contribution in [0.4, 0.5) is 0 Å². The number of nitrogens with one attached hydrogen (secondary N) is 1. The number of amides is 2. The van der Waals surface area contributed by atoms with Crippen LogP contribution in [0.1, 0.15) is 53.9 Å². The second-order valence-electron chi connectivity index (χ2n) is 11.0. The summed E-state index contributed by atoms with van der Waals surface area (Å²) in [7, 11) is 1.50. The fraction of sp³-hybridized carbons (Fsp3) is 0.484. The Bertz CT molecular complexity index is 1270. The third kappa shape index (κ3) is 5.33. The summed E-state index contributed by atoms with van der Waals surface area (Å²) in [5.74, 6) is -0.430. The first-order valence-corrected chi connectivity index (χ1v) is 14.0. The van der Waals surface area contributed by atoms with E-state index in [0.29, 0.717) is 28.2 Å². The van der Waals surface area contributed by atoms with E-state index in [9.17, 15) is 24.9 Å². The minimum Gasteiger partial charge on any atom is -0.493 e. The fourth-order valence-corrected chi connectivity index (χ4v) is 6.25. The van der Waals surface area contributed by atoms with Crippen LogP contribution in [0.15, 0.2) is 48.0 Å². The van der Waals surface area contributed by atoms with Gasteiger partial charge in [-0.25, -0.2) is 0 Å². The molecule has 40 heavy (non-hydrogen) atoms. The van der Waals surface area contributed by atoms with Crippen LogP contribution in [0, 0.1) is 12.8 Å². The molecule has 0 aromatic heterocycles. The van der Waals surface area contributed by atoms with Crippen molar-refractivity contribution in [1.82, 2.24) is 10.2 Å². The number of fused-ring (bicyclic) bond motifs is 3. The van der Waals surface area contributed by atoms with Gasteiger partial charge in [0.2, 0.25) is 11.8 Å². The van der Waals surface area contributed by atoms with E-state index in [4.69, 9.17) is 9.47 Å². The monoisotopic (exact) mass is 550 g/mol. The molecule has 0 spiro atoms. The van der Waals surface area contributed by atoms with Gasteiger partial charge in [-0.05, 0) is 49.1 Å². The number of ether oxygens (including phenoxy) is 2. The summed E-state index contributed by atoms with van der Waals surface area (Å²) < 4.78 is 11.9. The van der Waals surface area contributed by atoms with Gasteiger partial charge in [-0.1, -0.05) is 42.7 Å². The standard InChI is InChI=1S/C31H38N2O7/c1-18-7-9-19(10-8-18)16-33(31(38)21-5-3-4-6-21)24-15-23(30(37)32-11-12-34)26-22-13-20(17-35)14-25(39-2)28(22)40-29(26)27(24)36/h7-10,13-15,21,24,26-27,29,34-36H,3-6,11-12,16-17H2,1-2H3,(H,32,37)/t24-,26+,27+,29+/m1/s1. The maximum Gasteiger partial charge on any atom is 0.247 e. The highest BCUT2D eigenvalue weighted by molar-refractivity contribution is 5.96. The highest BCUT2D eigenvalue weighted by atomic mass is 16.5. The largest absolute Gasteiger partial charge is 0.493 e. The van der Waals surface area contributed by atoms with E-state index in [-0.39, 0.29) is 38.1 Å². The highest BCUT2D eigenvalue weighted by Crippen LogP contribution is 2.51. The average Bonchev–Trinajstić information content (AvgIpc) is 3.64. The summed E-state index contributed by atoms with van der Waals surface area (Å²) in [5.41, 5.74) is 3.59. The van der Waals surface area contributed by atoms with E-state index in [1.807, 2.05) is 31.2 Å². The first-order valence-electron chi connectivity index (χ1n) is 14.0. The summed E-state index contributed by atoms with van der Waals surface area (Å²) >= 11 is 0. The van der Waals surface area contributed by atoms with Gasteiger partial charge in [0, 0.05) is 30.1 Å². The van der Waals surface area contributed by atoms with E-state index in [1.165, 1.54) is 7.11 Å². The van der Waals surface area contributed by atoms with Gasteiger partial charge in [0.05, 0.1) is 32.3 Å². The molecule has 0 saturated heterocycles.